The van der Waals surface area contributed by atoms with Gasteiger partial charge in [-0.2, -0.15) is 0 Å². The van der Waals surface area contributed by atoms with Gasteiger partial charge >= 0.3 is 0 Å². The van der Waals surface area contributed by atoms with E-state index in [4.69, 9.17) is 0 Å². The molecule has 0 N–H and O–H groups in total. The highest BCUT2D eigenvalue weighted by Gasteiger charge is 2.48. The van der Waals surface area contributed by atoms with Gasteiger partial charge in [0.15, 0.2) is 0 Å². The second kappa shape index (κ2) is 6.85. The lowest BCUT2D eigenvalue weighted by molar-refractivity contribution is -0.0897. The lowest BCUT2D eigenvalue weighted by Crippen LogP contribution is -2.42. The van der Waals surface area contributed by atoms with E-state index >= 15 is 0 Å². The molecule has 2 saturated carbocycles. The predicted octanol–water partition coefficient (Wildman–Crippen LogP) is 5.98. The molecule has 0 heterocycles. The van der Waals surface area contributed by atoms with E-state index in [9.17, 15) is 8.78 Å². The molecular formula is C15H25F2I. The van der Waals surface area contributed by atoms with Crippen molar-refractivity contribution >= 4 is 22.6 Å². The molecule has 106 valence electrons. The van der Waals surface area contributed by atoms with Crippen LogP contribution in [0.1, 0.15) is 70.6 Å². The average Bonchev–Trinajstić information content (AvgIpc) is 2.45. The van der Waals surface area contributed by atoms with Crippen LogP contribution in [0.3, 0.4) is 0 Å². The molecule has 0 bridgehead atoms. The van der Waals surface area contributed by atoms with Crippen LogP contribution in [0.15, 0.2) is 0 Å². The SMILES string of the molecule is FC1(F)C(I)CCCCC2CCCCCCCC21. The molecule has 18 heavy (non-hydrogen) atoms. The summed E-state index contributed by atoms with van der Waals surface area (Å²) in [4.78, 5) is 0. The fraction of sp³-hybridized carbons (Fsp3) is 1.00. The van der Waals surface area contributed by atoms with E-state index in [1.54, 1.807) is 0 Å². The average molecular weight is 370 g/mol. The van der Waals surface area contributed by atoms with Gasteiger partial charge in [0.2, 0.25) is 0 Å². The number of rotatable bonds is 0. The van der Waals surface area contributed by atoms with Gasteiger partial charge in [0.05, 0.1) is 3.92 Å². The van der Waals surface area contributed by atoms with E-state index in [1.165, 1.54) is 19.3 Å². The third kappa shape index (κ3) is 3.57. The van der Waals surface area contributed by atoms with Crippen molar-refractivity contribution in [3.63, 3.8) is 0 Å². The Hall–Kier alpha value is 0.590. The number of hydrogen-bond donors (Lipinski definition) is 0. The number of hydrogen-bond acceptors (Lipinski definition) is 0. The molecule has 0 aromatic carbocycles. The number of halogens is 3. The molecule has 2 aliphatic carbocycles. The van der Waals surface area contributed by atoms with Crippen molar-refractivity contribution in [2.24, 2.45) is 11.8 Å². The first-order valence-electron chi connectivity index (χ1n) is 7.64. The molecular weight excluding hydrogens is 345 g/mol. The van der Waals surface area contributed by atoms with Crippen LogP contribution in [0.2, 0.25) is 0 Å². The highest BCUT2D eigenvalue weighted by Crippen LogP contribution is 2.47. The highest BCUT2D eigenvalue weighted by atomic mass is 127. The maximum absolute atomic E-state index is 14.6. The molecule has 0 nitrogen and oxygen atoms in total. The lowest BCUT2D eigenvalue weighted by Gasteiger charge is -2.38. The first-order chi connectivity index (χ1) is 8.62. The molecule has 3 heteroatoms. The van der Waals surface area contributed by atoms with Gasteiger partial charge in [0.1, 0.15) is 0 Å². The van der Waals surface area contributed by atoms with Crippen LogP contribution >= 0.6 is 22.6 Å². The maximum Gasteiger partial charge on any atom is 0.262 e. The second-order valence-corrected chi connectivity index (χ2v) is 7.64. The Bertz CT molecular complexity index is 255. The van der Waals surface area contributed by atoms with Crippen LogP contribution < -0.4 is 0 Å². The fourth-order valence-corrected chi connectivity index (χ4v) is 4.65. The van der Waals surface area contributed by atoms with Crippen molar-refractivity contribution in [1.82, 2.24) is 0 Å². The Balaban J connectivity index is 2.15. The van der Waals surface area contributed by atoms with E-state index in [0.717, 1.165) is 44.9 Å². The van der Waals surface area contributed by atoms with Crippen molar-refractivity contribution in [3.8, 4) is 0 Å². The molecule has 3 atom stereocenters. The summed E-state index contributed by atoms with van der Waals surface area (Å²) in [5, 5.41) is 0. The van der Waals surface area contributed by atoms with Crippen molar-refractivity contribution in [3.05, 3.63) is 0 Å². The minimum absolute atomic E-state index is 0.288. The van der Waals surface area contributed by atoms with Crippen molar-refractivity contribution < 1.29 is 8.78 Å². The van der Waals surface area contributed by atoms with Crippen LogP contribution in [0.25, 0.3) is 0 Å². The van der Waals surface area contributed by atoms with E-state index < -0.39 is 9.85 Å². The normalized spacial score (nSPS) is 38.5. The summed E-state index contributed by atoms with van der Waals surface area (Å²) < 4.78 is 28.8. The Morgan fingerprint density at radius 2 is 1.22 bits per heavy atom. The van der Waals surface area contributed by atoms with Crippen molar-refractivity contribution in [1.29, 1.82) is 0 Å². The molecule has 0 amide bonds. The molecule has 0 aromatic rings. The van der Waals surface area contributed by atoms with Gasteiger partial charge in [-0.3, -0.25) is 0 Å². The van der Waals surface area contributed by atoms with Crippen LogP contribution in [0.4, 0.5) is 8.78 Å². The summed E-state index contributed by atoms with van der Waals surface area (Å²) in [5.41, 5.74) is 0. The third-order valence-corrected chi connectivity index (χ3v) is 6.31. The van der Waals surface area contributed by atoms with Crippen LogP contribution in [-0.2, 0) is 0 Å². The molecule has 0 radical (unpaired) electrons. The first-order valence-corrected chi connectivity index (χ1v) is 8.89. The van der Waals surface area contributed by atoms with E-state index in [1.807, 2.05) is 22.6 Å². The van der Waals surface area contributed by atoms with Gasteiger partial charge in [-0.05, 0) is 31.6 Å². The van der Waals surface area contributed by atoms with Crippen LogP contribution in [0.5, 0.6) is 0 Å². The second-order valence-electron chi connectivity index (χ2n) is 6.14. The first kappa shape index (κ1) is 15.0. The van der Waals surface area contributed by atoms with Crippen molar-refractivity contribution in [2.45, 2.75) is 80.5 Å². The zero-order chi connectivity index (χ0) is 13.0. The fourth-order valence-electron chi connectivity index (χ4n) is 3.75. The predicted molar refractivity (Wildman–Crippen MR) is 80.5 cm³/mol. The minimum Gasteiger partial charge on any atom is -0.205 e. The van der Waals surface area contributed by atoms with Gasteiger partial charge in [-0.15, -0.1) is 0 Å². The topological polar surface area (TPSA) is 0 Å². The van der Waals surface area contributed by atoms with E-state index in [2.05, 4.69) is 0 Å². The minimum atomic E-state index is -2.43. The van der Waals surface area contributed by atoms with Crippen molar-refractivity contribution in [2.75, 3.05) is 0 Å². The molecule has 2 rings (SSSR count). The molecule has 2 fully saturated rings. The lowest BCUT2D eigenvalue weighted by atomic mass is 9.75. The molecule has 0 spiro atoms. The van der Waals surface area contributed by atoms with Crippen LogP contribution in [-0.4, -0.2) is 9.85 Å². The van der Waals surface area contributed by atoms with Gasteiger partial charge in [0, 0.05) is 5.92 Å². The standard InChI is InChI=1S/C15H25F2I/c16-15(17)13-10-5-3-1-2-4-8-12(13)9-6-7-11-14(15)18/h12-14H,1-11H2. The Labute approximate surface area is 123 Å². The Kier molecular flexibility index (Phi) is 5.70. The van der Waals surface area contributed by atoms with Gasteiger partial charge in [-0.25, -0.2) is 8.78 Å². The highest BCUT2D eigenvalue weighted by molar-refractivity contribution is 14.1. The zero-order valence-corrected chi connectivity index (χ0v) is 13.3. The van der Waals surface area contributed by atoms with E-state index in [0.29, 0.717) is 6.42 Å². The monoisotopic (exact) mass is 370 g/mol. The molecule has 2 aliphatic rings. The molecule has 0 aliphatic heterocycles. The summed E-state index contributed by atoms with van der Waals surface area (Å²) in [6.45, 7) is 0. The zero-order valence-electron chi connectivity index (χ0n) is 11.1. The molecule has 0 aromatic heterocycles. The van der Waals surface area contributed by atoms with Crippen LogP contribution in [0, 0.1) is 11.8 Å². The summed E-state index contributed by atoms with van der Waals surface area (Å²) >= 11 is 2.01. The quantitative estimate of drug-likeness (QED) is 0.364. The third-order valence-electron chi connectivity index (χ3n) is 4.85. The van der Waals surface area contributed by atoms with Gasteiger partial charge in [-0.1, -0.05) is 67.5 Å². The van der Waals surface area contributed by atoms with E-state index in [-0.39, 0.29) is 11.8 Å². The molecule has 0 saturated heterocycles. The summed E-state index contributed by atoms with van der Waals surface area (Å²) in [5.74, 6) is -2.48. The largest absolute Gasteiger partial charge is 0.262 e. The Morgan fingerprint density at radius 1 is 0.722 bits per heavy atom. The summed E-state index contributed by atoms with van der Waals surface area (Å²) in [7, 11) is 0. The number of alkyl halides is 3. The summed E-state index contributed by atoms with van der Waals surface area (Å²) in [6.07, 6.45) is 11.6. The Morgan fingerprint density at radius 3 is 1.94 bits per heavy atom. The van der Waals surface area contributed by atoms with Gasteiger partial charge < -0.3 is 0 Å². The summed E-state index contributed by atoms with van der Waals surface area (Å²) in [6, 6.07) is 0. The smallest absolute Gasteiger partial charge is 0.205 e. The number of fused-ring (bicyclic) bond motifs is 1. The molecule has 3 unspecified atom stereocenters. The maximum atomic E-state index is 14.6. The van der Waals surface area contributed by atoms with Gasteiger partial charge in [0.25, 0.3) is 5.92 Å².